The van der Waals surface area contributed by atoms with Crippen LogP contribution in [0.25, 0.3) is 10.9 Å². The highest BCUT2D eigenvalue weighted by atomic mass is 35.5. The molecule has 10 heteroatoms. The first-order chi connectivity index (χ1) is 13.0. The molecule has 0 unspecified atom stereocenters. The number of aromatic nitrogens is 3. The van der Waals surface area contributed by atoms with Crippen molar-refractivity contribution in [2.75, 3.05) is 25.0 Å². The molecular formula is C18H22Cl2FN5O2. The molecule has 28 heavy (non-hydrogen) atoms. The van der Waals surface area contributed by atoms with Crippen LogP contribution >= 0.6 is 23.2 Å². The normalized spacial score (nSPS) is 19.9. The van der Waals surface area contributed by atoms with Gasteiger partial charge in [0, 0.05) is 26.3 Å². The fourth-order valence-electron chi connectivity index (χ4n) is 3.35. The summed E-state index contributed by atoms with van der Waals surface area (Å²) in [6.07, 6.45) is 1.06. The van der Waals surface area contributed by atoms with E-state index in [0.29, 0.717) is 24.3 Å². The Morgan fingerprint density at radius 2 is 2.00 bits per heavy atom. The summed E-state index contributed by atoms with van der Waals surface area (Å²) >= 11 is 11.8. The molecule has 2 atom stereocenters. The number of pyridine rings is 1. The molecular weight excluding hydrogens is 408 g/mol. The van der Waals surface area contributed by atoms with E-state index in [1.54, 1.807) is 4.90 Å². The van der Waals surface area contributed by atoms with Gasteiger partial charge in [-0.05, 0) is 38.3 Å². The minimum absolute atomic E-state index is 0.0106. The van der Waals surface area contributed by atoms with Gasteiger partial charge in [-0.15, -0.1) is 0 Å². The molecule has 0 N–H and O–H groups in total. The third-order valence-corrected chi connectivity index (χ3v) is 5.08. The summed E-state index contributed by atoms with van der Waals surface area (Å²) in [4.78, 5) is 28.1. The van der Waals surface area contributed by atoms with Gasteiger partial charge >= 0.3 is 6.09 Å². The highest BCUT2D eigenvalue weighted by Crippen LogP contribution is 2.32. The van der Waals surface area contributed by atoms with Crippen LogP contribution < -0.4 is 4.90 Å². The fraction of sp³-hybridized carbons (Fsp3) is 0.556. The average Bonchev–Trinajstić information content (AvgIpc) is 2.98. The van der Waals surface area contributed by atoms with Crippen LogP contribution in [0.15, 0.2) is 6.20 Å². The van der Waals surface area contributed by atoms with Crippen LogP contribution in [0, 0.1) is 11.7 Å². The zero-order chi connectivity index (χ0) is 20.8. The standard InChI is InChI=1S/C18H22Cl2FN5O2/c1-9-7-26(17(27)28-18(2,3)4)8-11(9)25(5)15-10-6-22-14(19)12(21)13(10)23-16(20)24-15/h6,9,11H,7-8H2,1-5H3/t9-,11+/m0/s1. The molecule has 7 nitrogen and oxygen atoms in total. The predicted molar refractivity (Wildman–Crippen MR) is 106 cm³/mol. The minimum atomic E-state index is -0.743. The van der Waals surface area contributed by atoms with Crippen molar-refractivity contribution in [3.63, 3.8) is 0 Å². The van der Waals surface area contributed by atoms with Crippen LogP contribution in [0.5, 0.6) is 0 Å². The first-order valence-electron chi connectivity index (χ1n) is 8.86. The maximum atomic E-state index is 14.4. The fourth-order valence-corrected chi connectivity index (χ4v) is 3.65. The molecule has 152 valence electrons. The Hall–Kier alpha value is -1.93. The van der Waals surface area contributed by atoms with Crippen molar-refractivity contribution >= 4 is 46.0 Å². The average molecular weight is 430 g/mol. The summed E-state index contributed by atoms with van der Waals surface area (Å²) in [7, 11) is 1.82. The third-order valence-electron chi connectivity index (χ3n) is 4.65. The Labute approximate surface area is 172 Å². The lowest BCUT2D eigenvalue weighted by Gasteiger charge is -2.29. The maximum Gasteiger partial charge on any atom is 0.410 e. The molecule has 3 heterocycles. The molecule has 0 aliphatic carbocycles. The van der Waals surface area contributed by atoms with Gasteiger partial charge in [0.15, 0.2) is 11.0 Å². The first kappa shape index (κ1) is 20.8. The molecule has 3 rings (SSSR count). The van der Waals surface area contributed by atoms with Gasteiger partial charge in [-0.3, -0.25) is 0 Å². The Morgan fingerprint density at radius 3 is 2.64 bits per heavy atom. The molecule has 0 bridgehead atoms. The maximum absolute atomic E-state index is 14.4. The van der Waals surface area contributed by atoms with E-state index in [1.165, 1.54) is 6.20 Å². The first-order valence-corrected chi connectivity index (χ1v) is 9.61. The summed E-state index contributed by atoms with van der Waals surface area (Å²) in [6.45, 7) is 8.51. The number of nitrogens with zero attached hydrogens (tertiary/aromatic N) is 5. The van der Waals surface area contributed by atoms with Gasteiger partial charge in [-0.2, -0.15) is 4.98 Å². The van der Waals surface area contributed by atoms with Gasteiger partial charge < -0.3 is 14.5 Å². The minimum Gasteiger partial charge on any atom is -0.444 e. The highest BCUT2D eigenvalue weighted by Gasteiger charge is 2.38. The van der Waals surface area contributed by atoms with E-state index < -0.39 is 11.4 Å². The number of fused-ring (bicyclic) bond motifs is 1. The molecule has 0 radical (unpaired) electrons. The van der Waals surface area contributed by atoms with Crippen molar-refractivity contribution < 1.29 is 13.9 Å². The van der Waals surface area contributed by atoms with Crippen LogP contribution in [-0.2, 0) is 4.74 Å². The number of anilines is 1. The number of halogens is 3. The zero-order valence-corrected chi connectivity index (χ0v) is 17.8. The van der Waals surface area contributed by atoms with Crippen molar-refractivity contribution in [1.29, 1.82) is 0 Å². The van der Waals surface area contributed by atoms with Gasteiger partial charge in [0.25, 0.3) is 0 Å². The molecule has 2 aromatic heterocycles. The van der Waals surface area contributed by atoms with Crippen molar-refractivity contribution in [1.82, 2.24) is 19.9 Å². The molecule has 1 fully saturated rings. The van der Waals surface area contributed by atoms with E-state index in [9.17, 15) is 9.18 Å². The number of ether oxygens (including phenoxy) is 1. The molecule has 1 aliphatic rings. The van der Waals surface area contributed by atoms with E-state index in [1.807, 2.05) is 39.6 Å². The lowest BCUT2D eigenvalue weighted by atomic mass is 10.1. The predicted octanol–water partition coefficient (Wildman–Crippen LogP) is 4.16. The Kier molecular flexibility index (Phi) is 5.55. The second-order valence-electron chi connectivity index (χ2n) is 7.98. The lowest BCUT2D eigenvalue weighted by Crippen LogP contribution is -2.40. The topological polar surface area (TPSA) is 71.5 Å². The molecule has 0 spiro atoms. The third kappa shape index (κ3) is 4.07. The number of hydrogen-bond acceptors (Lipinski definition) is 6. The lowest BCUT2D eigenvalue weighted by molar-refractivity contribution is 0.0287. The zero-order valence-electron chi connectivity index (χ0n) is 16.3. The summed E-state index contributed by atoms with van der Waals surface area (Å²) in [5.41, 5.74) is -0.556. The van der Waals surface area contributed by atoms with Crippen molar-refractivity contribution in [2.24, 2.45) is 5.92 Å². The van der Waals surface area contributed by atoms with E-state index in [0.717, 1.165) is 0 Å². The number of carbonyl (C=O) groups is 1. The molecule has 1 aliphatic heterocycles. The smallest absolute Gasteiger partial charge is 0.410 e. The van der Waals surface area contributed by atoms with Gasteiger partial charge in [0.05, 0.1) is 11.4 Å². The number of carbonyl (C=O) groups excluding carboxylic acids is 1. The summed E-state index contributed by atoms with van der Waals surface area (Å²) in [5.74, 6) is -0.180. The van der Waals surface area contributed by atoms with Crippen LogP contribution in [0.4, 0.5) is 15.0 Å². The molecule has 1 amide bonds. The molecule has 2 aromatic rings. The Bertz CT molecular complexity index is 921. The van der Waals surface area contributed by atoms with E-state index in [-0.39, 0.29) is 34.0 Å². The number of likely N-dealkylation sites (tertiary alicyclic amines) is 1. The van der Waals surface area contributed by atoms with Crippen LogP contribution in [0.3, 0.4) is 0 Å². The Balaban J connectivity index is 1.91. The molecule has 0 aromatic carbocycles. The highest BCUT2D eigenvalue weighted by molar-refractivity contribution is 6.30. The van der Waals surface area contributed by atoms with Crippen molar-refractivity contribution in [2.45, 2.75) is 39.3 Å². The Morgan fingerprint density at radius 1 is 1.32 bits per heavy atom. The summed E-state index contributed by atoms with van der Waals surface area (Å²) < 4.78 is 19.8. The van der Waals surface area contributed by atoms with Crippen LogP contribution in [0.2, 0.25) is 10.4 Å². The van der Waals surface area contributed by atoms with Crippen LogP contribution in [0.1, 0.15) is 27.7 Å². The molecule has 1 saturated heterocycles. The van der Waals surface area contributed by atoms with E-state index in [4.69, 9.17) is 27.9 Å². The van der Waals surface area contributed by atoms with Crippen LogP contribution in [-0.4, -0.2) is 57.7 Å². The largest absolute Gasteiger partial charge is 0.444 e. The second kappa shape index (κ2) is 7.48. The van der Waals surface area contributed by atoms with Gasteiger partial charge in [0.1, 0.15) is 16.9 Å². The SMILES string of the molecule is C[C@H]1CN(C(=O)OC(C)(C)C)C[C@H]1N(C)c1nc(Cl)nc2c(F)c(Cl)ncc12. The van der Waals surface area contributed by atoms with E-state index in [2.05, 4.69) is 15.0 Å². The monoisotopic (exact) mass is 429 g/mol. The second-order valence-corrected chi connectivity index (χ2v) is 8.68. The van der Waals surface area contributed by atoms with Gasteiger partial charge in [-0.25, -0.2) is 19.2 Å². The van der Waals surface area contributed by atoms with Gasteiger partial charge in [0.2, 0.25) is 5.28 Å². The number of hydrogen-bond donors (Lipinski definition) is 0. The number of rotatable bonds is 2. The number of amides is 1. The molecule has 0 saturated carbocycles. The number of likely N-dealkylation sites (N-methyl/N-ethyl adjacent to an activating group) is 1. The van der Waals surface area contributed by atoms with E-state index >= 15 is 0 Å². The van der Waals surface area contributed by atoms with Crippen molar-refractivity contribution in [3.05, 3.63) is 22.5 Å². The van der Waals surface area contributed by atoms with Gasteiger partial charge in [-0.1, -0.05) is 18.5 Å². The summed E-state index contributed by atoms with van der Waals surface area (Å²) in [6, 6.07) is -0.0691. The quantitative estimate of drug-likeness (QED) is 0.526. The summed E-state index contributed by atoms with van der Waals surface area (Å²) in [5, 5.41) is 0.0306. The van der Waals surface area contributed by atoms with Crippen molar-refractivity contribution in [3.8, 4) is 0 Å².